The molecule has 1 aromatic rings. The van der Waals surface area contributed by atoms with Gasteiger partial charge in [-0.25, -0.2) is 4.39 Å². The van der Waals surface area contributed by atoms with Gasteiger partial charge in [-0.2, -0.15) is 8.78 Å². The first-order valence-corrected chi connectivity index (χ1v) is 5.67. The quantitative estimate of drug-likeness (QED) is 0.610. The monoisotopic (exact) mass is 254 g/mol. The molecule has 0 aromatic heterocycles. The van der Waals surface area contributed by atoms with Gasteiger partial charge in [-0.05, 0) is 18.1 Å². The molecule has 0 spiro atoms. The van der Waals surface area contributed by atoms with Crippen LogP contribution in [0, 0.1) is 6.92 Å². The molecule has 18 heavy (non-hydrogen) atoms. The summed E-state index contributed by atoms with van der Waals surface area (Å²) in [5, 5.41) is 0. The Bertz CT molecular complexity index is 453. The van der Waals surface area contributed by atoms with Crippen LogP contribution in [0.15, 0.2) is 54.9 Å². The van der Waals surface area contributed by atoms with Crippen molar-refractivity contribution in [3.05, 3.63) is 66.0 Å². The molecule has 0 fully saturated rings. The second-order valence-electron chi connectivity index (χ2n) is 3.21. The second-order valence-corrected chi connectivity index (χ2v) is 3.21. The normalized spacial score (nSPS) is 10.2. The molecule has 0 radical (unpaired) electrons. The van der Waals surface area contributed by atoms with E-state index in [1.54, 1.807) is 31.2 Å². The molecule has 0 amide bonds. The summed E-state index contributed by atoms with van der Waals surface area (Å²) in [5.41, 5.74) is 1.02. The Morgan fingerprint density at radius 1 is 1.11 bits per heavy atom. The van der Waals surface area contributed by atoms with Crippen molar-refractivity contribution in [2.24, 2.45) is 0 Å². The van der Waals surface area contributed by atoms with Gasteiger partial charge < -0.3 is 0 Å². The largest absolute Gasteiger partial charge is 0.306 e. The van der Waals surface area contributed by atoms with Crippen molar-refractivity contribution >= 4 is 5.57 Å². The maximum atomic E-state index is 13.3. The minimum atomic E-state index is -2.32. The first-order chi connectivity index (χ1) is 8.57. The van der Waals surface area contributed by atoms with E-state index in [0.29, 0.717) is 5.56 Å². The van der Waals surface area contributed by atoms with Crippen LogP contribution in [-0.2, 0) is 0 Å². The molecular formula is C15H17F3. The molecule has 98 valence electrons. The smallest absolute Gasteiger partial charge is 0.200 e. The van der Waals surface area contributed by atoms with E-state index in [-0.39, 0.29) is 5.57 Å². The van der Waals surface area contributed by atoms with E-state index in [1.165, 1.54) is 12.2 Å². The molecule has 0 atom stereocenters. The van der Waals surface area contributed by atoms with E-state index in [9.17, 15) is 13.2 Å². The zero-order valence-corrected chi connectivity index (χ0v) is 10.8. The van der Waals surface area contributed by atoms with Gasteiger partial charge in [0.1, 0.15) is 0 Å². The molecule has 3 heteroatoms. The van der Waals surface area contributed by atoms with Crippen molar-refractivity contribution in [2.45, 2.75) is 20.8 Å². The zero-order chi connectivity index (χ0) is 14.1. The number of hydrogen-bond donors (Lipinski definition) is 0. The first-order valence-electron chi connectivity index (χ1n) is 5.67. The number of rotatable bonds is 3. The molecule has 0 N–H and O–H groups in total. The molecule has 0 saturated heterocycles. The van der Waals surface area contributed by atoms with Crippen molar-refractivity contribution in [1.82, 2.24) is 0 Å². The molecular weight excluding hydrogens is 237 g/mol. The minimum absolute atomic E-state index is 0.145. The predicted octanol–water partition coefficient (Wildman–Crippen LogP) is 5.67. The third-order valence-corrected chi connectivity index (χ3v) is 2.12. The maximum absolute atomic E-state index is 13.3. The Labute approximate surface area is 106 Å². The topological polar surface area (TPSA) is 0 Å². The highest BCUT2D eigenvalue weighted by Crippen LogP contribution is 2.29. The highest BCUT2D eigenvalue weighted by molar-refractivity contribution is 5.79. The number of halogens is 3. The summed E-state index contributed by atoms with van der Waals surface area (Å²) in [6.45, 7) is 9.12. The van der Waals surface area contributed by atoms with Crippen molar-refractivity contribution in [2.75, 3.05) is 0 Å². The van der Waals surface area contributed by atoms with Gasteiger partial charge in [0.15, 0.2) is 5.83 Å². The maximum Gasteiger partial charge on any atom is 0.306 e. The molecule has 0 aliphatic heterocycles. The summed E-state index contributed by atoms with van der Waals surface area (Å²) in [7, 11) is 0. The third-order valence-electron chi connectivity index (χ3n) is 2.12. The van der Waals surface area contributed by atoms with E-state index >= 15 is 0 Å². The summed E-state index contributed by atoms with van der Waals surface area (Å²) in [5.74, 6) is -1.51. The molecule has 1 aromatic carbocycles. The van der Waals surface area contributed by atoms with Crippen LogP contribution in [0.1, 0.15) is 25.0 Å². The zero-order valence-electron chi connectivity index (χ0n) is 10.8. The third kappa shape index (κ3) is 4.24. The van der Waals surface area contributed by atoms with Crippen LogP contribution in [-0.4, -0.2) is 0 Å². The van der Waals surface area contributed by atoms with Gasteiger partial charge in [0.05, 0.1) is 0 Å². The van der Waals surface area contributed by atoms with Crippen molar-refractivity contribution in [3.63, 3.8) is 0 Å². The van der Waals surface area contributed by atoms with Crippen LogP contribution in [0.4, 0.5) is 13.2 Å². The van der Waals surface area contributed by atoms with E-state index in [2.05, 4.69) is 6.58 Å². The second kappa shape index (κ2) is 8.34. The van der Waals surface area contributed by atoms with Crippen LogP contribution in [0.3, 0.4) is 0 Å². The van der Waals surface area contributed by atoms with Crippen LogP contribution in [0.25, 0.3) is 5.57 Å². The lowest BCUT2D eigenvalue weighted by atomic mass is 9.99. The van der Waals surface area contributed by atoms with Gasteiger partial charge in [0.2, 0.25) is 0 Å². The Morgan fingerprint density at radius 3 is 2.11 bits per heavy atom. The Hall–Kier alpha value is -1.77. The Morgan fingerprint density at radius 2 is 1.67 bits per heavy atom. The molecule has 0 unspecified atom stereocenters. The summed E-state index contributed by atoms with van der Waals surface area (Å²) in [6.07, 6.45) is 0.192. The minimum Gasteiger partial charge on any atom is -0.200 e. The molecule has 0 nitrogen and oxygen atoms in total. The van der Waals surface area contributed by atoms with Crippen LogP contribution >= 0.6 is 0 Å². The number of benzene rings is 1. The predicted molar refractivity (Wildman–Crippen MR) is 71.1 cm³/mol. The van der Waals surface area contributed by atoms with E-state index in [1.807, 2.05) is 13.8 Å². The summed E-state index contributed by atoms with van der Waals surface area (Å²) < 4.78 is 37.8. The lowest BCUT2D eigenvalue weighted by Crippen LogP contribution is -1.90. The lowest BCUT2D eigenvalue weighted by Gasteiger charge is -2.07. The fourth-order valence-corrected chi connectivity index (χ4v) is 1.38. The molecule has 0 bridgehead atoms. The number of hydrogen-bond acceptors (Lipinski definition) is 0. The Kier molecular flexibility index (Phi) is 7.52. The van der Waals surface area contributed by atoms with Gasteiger partial charge in [0.25, 0.3) is 0 Å². The van der Waals surface area contributed by atoms with Gasteiger partial charge in [-0.1, -0.05) is 56.8 Å². The van der Waals surface area contributed by atoms with E-state index in [0.717, 1.165) is 5.56 Å². The standard InChI is InChI=1S/C13H11F3.C2H6/c1-3-6-11(12(14)13(15)16)10-8-5-4-7-9(10)2;1-2/h3-8H,1H2,2H3;1-2H3/b11-6+;. The van der Waals surface area contributed by atoms with Crippen molar-refractivity contribution in [3.8, 4) is 0 Å². The average Bonchev–Trinajstić information content (AvgIpc) is 2.38. The summed E-state index contributed by atoms with van der Waals surface area (Å²) >= 11 is 0. The van der Waals surface area contributed by atoms with Crippen LogP contribution in [0.5, 0.6) is 0 Å². The SMILES string of the molecule is C=C/C=C(/C(F)=C(F)F)c1ccccc1C.CC. The highest BCUT2D eigenvalue weighted by Gasteiger charge is 2.14. The van der Waals surface area contributed by atoms with E-state index < -0.39 is 11.9 Å². The first kappa shape index (κ1) is 16.2. The fourth-order valence-electron chi connectivity index (χ4n) is 1.38. The molecule has 0 aliphatic rings. The van der Waals surface area contributed by atoms with Crippen LogP contribution < -0.4 is 0 Å². The van der Waals surface area contributed by atoms with Gasteiger partial charge in [0, 0.05) is 5.57 Å². The van der Waals surface area contributed by atoms with Gasteiger partial charge in [-0.3, -0.25) is 0 Å². The highest BCUT2D eigenvalue weighted by atomic mass is 19.3. The van der Waals surface area contributed by atoms with Gasteiger partial charge >= 0.3 is 6.08 Å². The molecule has 0 heterocycles. The van der Waals surface area contributed by atoms with Gasteiger partial charge in [-0.15, -0.1) is 0 Å². The summed E-state index contributed by atoms with van der Waals surface area (Å²) in [4.78, 5) is 0. The summed E-state index contributed by atoms with van der Waals surface area (Å²) in [6, 6.07) is 6.75. The molecule has 1 rings (SSSR count). The van der Waals surface area contributed by atoms with Crippen molar-refractivity contribution in [1.29, 1.82) is 0 Å². The fraction of sp³-hybridized carbons (Fsp3) is 0.200. The Balaban J connectivity index is 0.00000137. The molecule has 0 aliphatic carbocycles. The number of allylic oxidation sites excluding steroid dienone is 4. The lowest BCUT2D eigenvalue weighted by molar-refractivity contribution is 0.389. The molecule has 0 saturated carbocycles. The number of aryl methyl sites for hydroxylation is 1. The van der Waals surface area contributed by atoms with E-state index in [4.69, 9.17) is 0 Å². The van der Waals surface area contributed by atoms with Crippen molar-refractivity contribution < 1.29 is 13.2 Å². The van der Waals surface area contributed by atoms with Crippen LogP contribution in [0.2, 0.25) is 0 Å². The average molecular weight is 254 g/mol.